The summed E-state index contributed by atoms with van der Waals surface area (Å²) in [6.07, 6.45) is 0.534. The first-order chi connectivity index (χ1) is 9.27. The number of amides is 1. The number of nitrogens with zero attached hydrogens (tertiary/aromatic N) is 1. The molecule has 0 unspecified atom stereocenters. The van der Waals surface area contributed by atoms with Crippen molar-refractivity contribution in [1.82, 2.24) is 5.32 Å². The third-order valence-corrected chi connectivity index (χ3v) is 3.81. The molecule has 0 radical (unpaired) electrons. The molecule has 1 aromatic carbocycles. The lowest BCUT2D eigenvalue weighted by Crippen LogP contribution is -2.43. The number of aliphatic carboxylic acids is 1. The van der Waals surface area contributed by atoms with Gasteiger partial charge in [0, 0.05) is 0 Å². The normalized spacial score (nSPS) is 15.5. The average Bonchev–Trinajstić information content (AvgIpc) is 3.12. The van der Waals surface area contributed by atoms with Crippen LogP contribution in [0.3, 0.4) is 0 Å². The fourth-order valence-corrected chi connectivity index (χ4v) is 2.23. The second-order valence-electron chi connectivity index (χ2n) is 4.38. The summed E-state index contributed by atoms with van der Waals surface area (Å²) >= 11 is 2.87. The third-order valence-electron chi connectivity index (χ3n) is 2.97. The molecule has 0 bridgehead atoms. The van der Waals surface area contributed by atoms with E-state index in [4.69, 9.17) is 5.11 Å². The van der Waals surface area contributed by atoms with Crippen LogP contribution in [0, 0.1) is 15.9 Å². The third kappa shape index (κ3) is 2.48. The van der Waals surface area contributed by atoms with E-state index in [1.807, 2.05) is 0 Å². The molecule has 106 valence electrons. The quantitative estimate of drug-likeness (QED) is 0.638. The van der Waals surface area contributed by atoms with Gasteiger partial charge in [0.2, 0.25) is 0 Å². The van der Waals surface area contributed by atoms with Gasteiger partial charge in [-0.05, 0) is 34.8 Å². The Balaban J connectivity index is 2.36. The van der Waals surface area contributed by atoms with Gasteiger partial charge in [-0.2, -0.15) is 0 Å². The summed E-state index contributed by atoms with van der Waals surface area (Å²) < 4.78 is 13.1. The summed E-state index contributed by atoms with van der Waals surface area (Å²) in [7, 11) is 0. The number of hydrogen-bond donors (Lipinski definition) is 2. The highest BCUT2D eigenvalue weighted by Gasteiger charge is 2.52. The Kier molecular flexibility index (Phi) is 3.46. The van der Waals surface area contributed by atoms with Crippen LogP contribution in [0.25, 0.3) is 0 Å². The lowest BCUT2D eigenvalue weighted by atomic mass is 10.1. The van der Waals surface area contributed by atoms with Gasteiger partial charge < -0.3 is 10.4 Å². The summed E-state index contributed by atoms with van der Waals surface area (Å²) in [5.41, 5.74) is -2.27. The van der Waals surface area contributed by atoms with E-state index in [1.165, 1.54) is 0 Å². The van der Waals surface area contributed by atoms with Crippen molar-refractivity contribution >= 4 is 33.5 Å². The summed E-state index contributed by atoms with van der Waals surface area (Å²) in [6.45, 7) is 0. The molecule has 1 aliphatic rings. The highest BCUT2D eigenvalue weighted by atomic mass is 79.9. The molecule has 2 N–H and O–H groups in total. The second kappa shape index (κ2) is 4.82. The second-order valence-corrected chi connectivity index (χ2v) is 5.18. The van der Waals surface area contributed by atoms with Crippen molar-refractivity contribution in [3.05, 3.63) is 38.1 Å². The number of carboxylic acid groups (broad SMARTS) is 1. The molecule has 1 aromatic rings. The predicted octanol–water partition coefficient (Wildman–Crippen LogP) is 1.84. The minimum Gasteiger partial charge on any atom is -0.480 e. The lowest BCUT2D eigenvalue weighted by Gasteiger charge is -2.13. The minimum atomic E-state index is -1.35. The Hall–Kier alpha value is -2.03. The first kappa shape index (κ1) is 14.4. The lowest BCUT2D eigenvalue weighted by molar-refractivity contribution is -0.385. The number of halogens is 2. The molecular weight excluding hydrogens is 339 g/mol. The zero-order valence-electron chi connectivity index (χ0n) is 9.85. The summed E-state index contributed by atoms with van der Waals surface area (Å²) in [5.74, 6) is -3.02. The van der Waals surface area contributed by atoms with E-state index in [0.29, 0.717) is 6.07 Å². The zero-order valence-corrected chi connectivity index (χ0v) is 11.4. The molecule has 20 heavy (non-hydrogen) atoms. The van der Waals surface area contributed by atoms with Crippen molar-refractivity contribution in [2.75, 3.05) is 0 Å². The van der Waals surface area contributed by atoms with Gasteiger partial charge in [-0.1, -0.05) is 0 Å². The Morgan fingerprint density at radius 1 is 1.45 bits per heavy atom. The van der Waals surface area contributed by atoms with E-state index in [-0.39, 0.29) is 22.9 Å². The van der Waals surface area contributed by atoms with Gasteiger partial charge in [0.1, 0.15) is 15.8 Å². The number of rotatable bonds is 4. The number of hydrogen-bond acceptors (Lipinski definition) is 4. The summed E-state index contributed by atoms with van der Waals surface area (Å²) in [6, 6.07) is 1.48. The maximum Gasteiger partial charge on any atom is 0.329 e. The van der Waals surface area contributed by atoms with Crippen LogP contribution < -0.4 is 5.32 Å². The molecule has 1 amide bonds. The highest BCUT2D eigenvalue weighted by molar-refractivity contribution is 9.10. The fraction of sp³-hybridized carbons (Fsp3) is 0.273. The molecule has 0 spiro atoms. The molecule has 0 aromatic heterocycles. The Morgan fingerprint density at radius 2 is 2.05 bits per heavy atom. The van der Waals surface area contributed by atoms with Crippen molar-refractivity contribution in [2.45, 2.75) is 18.4 Å². The smallest absolute Gasteiger partial charge is 0.329 e. The van der Waals surface area contributed by atoms with Gasteiger partial charge in [0.05, 0.1) is 16.6 Å². The van der Waals surface area contributed by atoms with Gasteiger partial charge in [-0.3, -0.25) is 14.9 Å². The van der Waals surface area contributed by atoms with Crippen molar-refractivity contribution < 1.29 is 24.0 Å². The molecule has 0 aliphatic heterocycles. The van der Waals surface area contributed by atoms with E-state index >= 15 is 0 Å². The van der Waals surface area contributed by atoms with Crippen molar-refractivity contribution in [3.8, 4) is 0 Å². The summed E-state index contributed by atoms with van der Waals surface area (Å²) in [4.78, 5) is 32.8. The first-order valence-corrected chi connectivity index (χ1v) is 6.25. The molecular formula is C11H8BrFN2O5. The molecule has 0 saturated heterocycles. The van der Waals surface area contributed by atoms with Crippen LogP contribution in [0.5, 0.6) is 0 Å². The molecule has 1 aliphatic carbocycles. The van der Waals surface area contributed by atoms with Crippen LogP contribution in [0.2, 0.25) is 0 Å². The average molecular weight is 347 g/mol. The van der Waals surface area contributed by atoms with Gasteiger partial charge in [0.25, 0.3) is 11.6 Å². The maximum atomic E-state index is 13.3. The van der Waals surface area contributed by atoms with Gasteiger partial charge >= 0.3 is 5.97 Å². The van der Waals surface area contributed by atoms with Crippen molar-refractivity contribution in [2.24, 2.45) is 0 Å². The maximum absolute atomic E-state index is 13.3. The minimum absolute atomic E-state index is 0.192. The SMILES string of the molecule is O=C(NC1(C(=O)O)CC1)c1cc(F)cc([N+](=O)[O-])c1Br. The van der Waals surface area contributed by atoms with Gasteiger partial charge in [0.15, 0.2) is 0 Å². The van der Waals surface area contributed by atoms with Crippen LogP contribution in [0.4, 0.5) is 10.1 Å². The number of carbonyl (C=O) groups is 2. The Morgan fingerprint density at radius 3 is 2.50 bits per heavy atom. The van der Waals surface area contributed by atoms with Gasteiger partial charge in [-0.25, -0.2) is 9.18 Å². The van der Waals surface area contributed by atoms with Crippen LogP contribution in [0.1, 0.15) is 23.2 Å². The van der Waals surface area contributed by atoms with E-state index in [0.717, 1.165) is 6.07 Å². The molecule has 9 heteroatoms. The van der Waals surface area contributed by atoms with Crippen molar-refractivity contribution in [1.29, 1.82) is 0 Å². The highest BCUT2D eigenvalue weighted by Crippen LogP contribution is 2.37. The van der Waals surface area contributed by atoms with Gasteiger partial charge in [-0.15, -0.1) is 0 Å². The molecule has 0 heterocycles. The van der Waals surface area contributed by atoms with Crippen LogP contribution >= 0.6 is 15.9 Å². The molecule has 1 fully saturated rings. The number of nitro groups is 1. The first-order valence-electron chi connectivity index (χ1n) is 5.46. The number of nitro benzene ring substituents is 1. The van der Waals surface area contributed by atoms with Crippen LogP contribution in [0.15, 0.2) is 16.6 Å². The van der Waals surface area contributed by atoms with Crippen LogP contribution in [-0.2, 0) is 4.79 Å². The Bertz CT molecular complexity index is 629. The Labute approximate surface area is 120 Å². The van der Waals surface area contributed by atoms with E-state index in [1.54, 1.807) is 0 Å². The molecule has 1 saturated carbocycles. The monoisotopic (exact) mass is 346 g/mol. The topological polar surface area (TPSA) is 110 Å². The summed E-state index contributed by atoms with van der Waals surface area (Å²) in [5, 5.41) is 22.0. The number of nitrogens with one attached hydrogen (secondary N) is 1. The van der Waals surface area contributed by atoms with E-state index < -0.39 is 33.8 Å². The van der Waals surface area contributed by atoms with E-state index in [2.05, 4.69) is 21.2 Å². The number of benzene rings is 1. The predicted molar refractivity (Wildman–Crippen MR) is 67.8 cm³/mol. The largest absolute Gasteiger partial charge is 0.480 e. The van der Waals surface area contributed by atoms with Crippen LogP contribution in [-0.4, -0.2) is 27.4 Å². The standard InChI is InChI=1S/C11H8BrFN2O5/c12-8-6(3-5(13)4-7(8)15(19)20)9(16)14-11(1-2-11)10(17)18/h3-4H,1-2H2,(H,14,16)(H,17,18). The number of carbonyl (C=O) groups excluding carboxylic acids is 1. The molecule has 0 atom stereocenters. The van der Waals surface area contributed by atoms with Crippen molar-refractivity contribution in [3.63, 3.8) is 0 Å². The fourth-order valence-electron chi connectivity index (χ4n) is 1.67. The molecule has 7 nitrogen and oxygen atoms in total. The number of carboxylic acids is 1. The zero-order chi connectivity index (χ0) is 15.1. The molecule has 2 rings (SSSR count). The van der Waals surface area contributed by atoms with E-state index in [9.17, 15) is 24.1 Å².